The van der Waals surface area contributed by atoms with Crippen LogP contribution in [0.4, 0.5) is 0 Å². The van der Waals surface area contributed by atoms with Crippen molar-refractivity contribution in [3.8, 4) is 0 Å². The summed E-state index contributed by atoms with van der Waals surface area (Å²) in [5, 5.41) is 14.1. The Kier molecular flexibility index (Phi) is 16.3. The Morgan fingerprint density at radius 2 is 1.88 bits per heavy atom. The van der Waals surface area contributed by atoms with E-state index in [1.807, 2.05) is 13.8 Å². The summed E-state index contributed by atoms with van der Waals surface area (Å²) in [5.74, 6) is 1.43. The van der Waals surface area contributed by atoms with Gasteiger partial charge in [-0.1, -0.05) is 69.0 Å². The van der Waals surface area contributed by atoms with Gasteiger partial charge < -0.3 is 20.1 Å². The summed E-state index contributed by atoms with van der Waals surface area (Å²) in [6.45, 7) is 9.54. The first-order chi connectivity index (χ1) is 20.1. The number of benzene rings is 1. The fraction of sp³-hybridized carbons (Fsp3) is 0.588. The average molecular weight is 622 g/mol. The topological polar surface area (TPSA) is 78.9 Å². The molecule has 0 aromatic heterocycles. The highest BCUT2D eigenvalue weighted by Gasteiger charge is 2.28. The second kappa shape index (κ2) is 19.1. The first-order valence-electron chi connectivity index (χ1n) is 15.5. The van der Waals surface area contributed by atoms with E-state index < -0.39 is 0 Å². The van der Waals surface area contributed by atoms with Gasteiger partial charge in [-0.05, 0) is 75.1 Å². The molecule has 1 fully saturated rings. The molecule has 1 saturated heterocycles. The summed E-state index contributed by atoms with van der Waals surface area (Å²) in [6.07, 6.45) is 11.2. The quantitative estimate of drug-likeness (QED) is 0.135. The van der Waals surface area contributed by atoms with Crippen molar-refractivity contribution >= 4 is 34.9 Å². The lowest BCUT2D eigenvalue weighted by molar-refractivity contribution is -0.121. The van der Waals surface area contributed by atoms with E-state index in [0.717, 1.165) is 69.5 Å². The molecule has 1 aromatic rings. The van der Waals surface area contributed by atoms with Gasteiger partial charge in [-0.3, -0.25) is 9.59 Å². The lowest BCUT2D eigenvalue weighted by Crippen LogP contribution is -2.38. The second-order valence-electron chi connectivity index (χ2n) is 11.2. The number of methoxy groups -OCH3 is 1. The minimum atomic E-state index is -0.290. The predicted octanol–water partition coefficient (Wildman–Crippen LogP) is 8.39. The Hall–Kier alpha value is -2.28. The summed E-state index contributed by atoms with van der Waals surface area (Å²) in [4.78, 5) is 28.5. The molecular formula is C34H50Cl2N2O4. The Bertz CT molecular complexity index is 1100. The van der Waals surface area contributed by atoms with Crippen LogP contribution in [0.3, 0.4) is 0 Å². The summed E-state index contributed by atoms with van der Waals surface area (Å²) < 4.78 is 5.81. The van der Waals surface area contributed by atoms with E-state index in [0.29, 0.717) is 58.2 Å². The van der Waals surface area contributed by atoms with Crippen LogP contribution >= 0.6 is 23.2 Å². The summed E-state index contributed by atoms with van der Waals surface area (Å²) in [7, 11) is 1.64. The van der Waals surface area contributed by atoms with Crippen LogP contribution < -0.4 is 5.32 Å². The van der Waals surface area contributed by atoms with Gasteiger partial charge in [0.2, 0.25) is 0 Å². The van der Waals surface area contributed by atoms with Crippen LogP contribution in [0.1, 0.15) is 102 Å². The van der Waals surface area contributed by atoms with Gasteiger partial charge in [0.15, 0.2) is 0 Å². The minimum Gasteiger partial charge on any atom is -0.499 e. The number of hydrogen-bond donors (Lipinski definition) is 2. The minimum absolute atomic E-state index is 0.261. The van der Waals surface area contributed by atoms with Gasteiger partial charge in [-0.2, -0.15) is 0 Å². The lowest BCUT2D eigenvalue weighted by Gasteiger charge is -2.37. The summed E-state index contributed by atoms with van der Waals surface area (Å²) in [6, 6.07) is 6.82. The number of ketones is 1. The predicted molar refractivity (Wildman–Crippen MR) is 173 cm³/mol. The third kappa shape index (κ3) is 11.8. The molecule has 0 spiro atoms. The molecule has 6 nitrogen and oxygen atoms in total. The smallest absolute Gasteiger partial charge is 0.255 e. The van der Waals surface area contributed by atoms with Crippen LogP contribution in [-0.4, -0.2) is 48.0 Å². The van der Waals surface area contributed by atoms with E-state index in [1.54, 1.807) is 43.5 Å². The molecule has 2 unspecified atom stereocenters. The molecule has 1 aliphatic rings. The Balaban J connectivity index is 2.15. The second-order valence-corrected chi connectivity index (χ2v) is 12.1. The molecule has 234 valence electrons. The number of ether oxygens (including phenoxy) is 1. The van der Waals surface area contributed by atoms with E-state index in [9.17, 15) is 14.7 Å². The van der Waals surface area contributed by atoms with Gasteiger partial charge in [-0.15, -0.1) is 0 Å². The van der Waals surface area contributed by atoms with Gasteiger partial charge in [0.1, 0.15) is 11.5 Å². The molecule has 0 aliphatic carbocycles. The normalized spacial score (nSPS) is 17.0. The van der Waals surface area contributed by atoms with Gasteiger partial charge in [-0.25, -0.2) is 0 Å². The highest BCUT2D eigenvalue weighted by Crippen LogP contribution is 2.31. The largest absolute Gasteiger partial charge is 0.499 e. The standard InChI is InChI=1S/C34H50Cl2N2O4/c1-6-11-29(39)15-14-24(7-2)20-30(40)21-25-16-18-38(19-17-25)33(32(9-4)42-5)31(23-27(35)8-3)37-34(41)26-12-10-13-28(36)22-26/h8,10,12-13,22-25,29,39H,6-7,9,11,14-21H2,1-5H3,(H,37,41). The van der Waals surface area contributed by atoms with Crippen LogP contribution in [0.15, 0.2) is 58.6 Å². The van der Waals surface area contributed by atoms with Crippen molar-refractivity contribution in [3.05, 3.63) is 69.2 Å². The van der Waals surface area contributed by atoms with E-state index in [4.69, 9.17) is 27.9 Å². The maximum atomic E-state index is 13.3. The Labute approximate surface area is 263 Å². The van der Waals surface area contributed by atoms with Crippen LogP contribution in [0.25, 0.3) is 0 Å². The molecule has 2 N–H and O–H groups in total. The molecule has 1 aromatic carbocycles. The highest BCUT2D eigenvalue weighted by atomic mass is 35.5. The zero-order valence-corrected chi connectivity index (χ0v) is 27.6. The summed E-state index contributed by atoms with van der Waals surface area (Å²) >= 11 is 12.6. The lowest BCUT2D eigenvalue weighted by atomic mass is 9.86. The Morgan fingerprint density at radius 1 is 1.17 bits per heavy atom. The number of carbonyl (C=O) groups excluding carboxylic acids is 2. The number of aliphatic hydroxyl groups is 1. The number of rotatable bonds is 17. The van der Waals surface area contributed by atoms with Crippen molar-refractivity contribution in [2.75, 3.05) is 20.2 Å². The number of piperidine rings is 1. The van der Waals surface area contributed by atoms with Gasteiger partial charge in [0.25, 0.3) is 5.91 Å². The number of hydrogen-bond acceptors (Lipinski definition) is 5. The molecule has 1 amide bonds. The number of allylic oxidation sites excluding steroid dienone is 4. The molecule has 42 heavy (non-hydrogen) atoms. The molecule has 1 heterocycles. The number of aliphatic hydroxyl groups excluding tert-OH is 1. The van der Waals surface area contributed by atoms with Gasteiger partial charge in [0, 0.05) is 48.0 Å². The van der Waals surface area contributed by atoms with Gasteiger partial charge in [0.05, 0.1) is 24.6 Å². The average Bonchev–Trinajstić information content (AvgIpc) is 2.98. The molecule has 2 atom stereocenters. The number of nitrogens with zero attached hydrogens (tertiary/aromatic N) is 1. The van der Waals surface area contributed by atoms with Crippen LogP contribution in [0.2, 0.25) is 5.02 Å². The first-order valence-corrected chi connectivity index (χ1v) is 16.2. The van der Waals surface area contributed by atoms with E-state index in [-0.39, 0.29) is 12.0 Å². The van der Waals surface area contributed by atoms with Crippen LogP contribution in [-0.2, 0) is 9.53 Å². The maximum Gasteiger partial charge on any atom is 0.255 e. The number of amides is 1. The van der Waals surface area contributed by atoms with Crippen LogP contribution in [0.5, 0.6) is 0 Å². The number of nitrogens with one attached hydrogen (secondary N) is 1. The van der Waals surface area contributed by atoms with Gasteiger partial charge >= 0.3 is 0 Å². The highest BCUT2D eigenvalue weighted by molar-refractivity contribution is 6.31. The molecule has 0 saturated carbocycles. The van der Waals surface area contributed by atoms with Crippen LogP contribution in [0, 0.1) is 11.8 Å². The number of Topliss-reactive ketones (excluding diaryl/α,β-unsaturated/α-hetero) is 1. The maximum absolute atomic E-state index is 13.3. The molecule has 0 bridgehead atoms. The van der Waals surface area contributed by atoms with E-state index >= 15 is 0 Å². The number of halogens is 2. The zero-order valence-electron chi connectivity index (χ0n) is 26.1. The molecule has 2 rings (SSSR count). The molecule has 8 heteroatoms. The fourth-order valence-corrected chi connectivity index (χ4v) is 5.86. The van der Waals surface area contributed by atoms with E-state index in [2.05, 4.69) is 24.1 Å². The summed E-state index contributed by atoms with van der Waals surface area (Å²) in [5.41, 5.74) is 1.81. The van der Waals surface area contributed by atoms with Crippen molar-refractivity contribution in [1.29, 1.82) is 0 Å². The molecule has 1 aliphatic heterocycles. The van der Waals surface area contributed by atoms with Crippen molar-refractivity contribution in [2.45, 2.75) is 98.0 Å². The third-order valence-corrected chi connectivity index (χ3v) is 8.61. The fourth-order valence-electron chi connectivity index (χ4n) is 5.56. The SMILES string of the molecule is CC=C(Cl)C=C(NC(=O)c1cccc(Cl)c1)C(=C(CC)OC)N1CCC(CC(=O)CC(CC)CCC(O)CCC)CC1. The molecule has 0 radical (unpaired) electrons. The first kappa shape index (κ1) is 35.9. The monoisotopic (exact) mass is 620 g/mol. The Morgan fingerprint density at radius 3 is 2.45 bits per heavy atom. The number of carbonyl (C=O) groups is 2. The third-order valence-electron chi connectivity index (χ3n) is 8.05. The van der Waals surface area contributed by atoms with Crippen molar-refractivity contribution < 1.29 is 19.4 Å². The van der Waals surface area contributed by atoms with Crippen molar-refractivity contribution in [3.63, 3.8) is 0 Å². The number of likely N-dealkylation sites (tertiary alicyclic amines) is 1. The van der Waals surface area contributed by atoms with Crippen molar-refractivity contribution in [2.24, 2.45) is 11.8 Å². The van der Waals surface area contributed by atoms with Crippen molar-refractivity contribution in [1.82, 2.24) is 10.2 Å². The zero-order chi connectivity index (χ0) is 31.1. The van der Waals surface area contributed by atoms with E-state index in [1.165, 1.54) is 0 Å². The molecular weight excluding hydrogens is 571 g/mol.